The third kappa shape index (κ3) is 3.69. The Morgan fingerprint density at radius 1 is 1.09 bits per heavy atom. The number of benzene rings is 2. The number of hydrogen-bond donors (Lipinski definition) is 1. The van der Waals surface area contributed by atoms with Crippen LogP contribution in [0.3, 0.4) is 0 Å². The van der Waals surface area contributed by atoms with Crippen LogP contribution < -0.4 is 5.32 Å². The van der Waals surface area contributed by atoms with Crippen molar-refractivity contribution in [3.8, 4) is 0 Å². The molecule has 0 fully saturated rings. The minimum atomic E-state index is -0.472. The Hall–Kier alpha value is -2.69. The first-order valence-electron chi connectivity index (χ1n) is 6.98. The van der Waals surface area contributed by atoms with Gasteiger partial charge in [0.15, 0.2) is 0 Å². The van der Waals surface area contributed by atoms with Crippen LogP contribution in [-0.4, -0.2) is 10.8 Å². The summed E-state index contributed by atoms with van der Waals surface area (Å²) >= 11 is 0. The average Bonchev–Trinajstić information content (AvgIpc) is 2.45. The van der Waals surface area contributed by atoms with Crippen LogP contribution in [-0.2, 0) is 11.2 Å². The van der Waals surface area contributed by atoms with Gasteiger partial charge in [0.1, 0.15) is 0 Å². The molecular weight excluding hydrogens is 280 g/mol. The fourth-order valence-corrected chi connectivity index (χ4v) is 2.22. The van der Waals surface area contributed by atoms with E-state index < -0.39 is 4.92 Å². The molecule has 2 aromatic rings. The second-order valence-electron chi connectivity index (χ2n) is 5.41. The predicted octanol–water partition coefficient (Wildman–Crippen LogP) is 3.70. The molecule has 0 radical (unpaired) electrons. The molecule has 0 unspecified atom stereocenters. The summed E-state index contributed by atoms with van der Waals surface area (Å²) < 4.78 is 0. The van der Waals surface area contributed by atoms with Crippen molar-refractivity contribution in [1.29, 1.82) is 0 Å². The molecule has 22 heavy (non-hydrogen) atoms. The maximum absolute atomic E-state index is 12.2. The van der Waals surface area contributed by atoms with Crippen LogP contribution in [0.25, 0.3) is 0 Å². The molecule has 2 rings (SSSR count). The molecule has 5 heteroatoms. The van der Waals surface area contributed by atoms with Crippen molar-refractivity contribution < 1.29 is 9.72 Å². The number of carbonyl (C=O) groups is 1. The molecule has 114 valence electrons. The highest BCUT2D eigenvalue weighted by Crippen LogP contribution is 2.22. The second-order valence-corrected chi connectivity index (χ2v) is 5.41. The van der Waals surface area contributed by atoms with Crippen molar-refractivity contribution in [3.05, 3.63) is 68.8 Å². The minimum absolute atomic E-state index is 0.0346. The number of nitro benzene ring substituents is 1. The van der Waals surface area contributed by atoms with Gasteiger partial charge in [0, 0.05) is 12.1 Å². The summed E-state index contributed by atoms with van der Waals surface area (Å²) in [5, 5.41) is 13.6. The van der Waals surface area contributed by atoms with Crippen LogP contribution in [0, 0.1) is 30.9 Å². The van der Waals surface area contributed by atoms with E-state index in [9.17, 15) is 14.9 Å². The molecule has 0 aliphatic heterocycles. The van der Waals surface area contributed by atoms with Gasteiger partial charge in [0.05, 0.1) is 17.0 Å². The molecular formula is C17H18N2O3. The van der Waals surface area contributed by atoms with Crippen molar-refractivity contribution in [2.24, 2.45) is 0 Å². The number of nitrogens with one attached hydrogen (secondary N) is 1. The Bertz CT molecular complexity index is 739. The van der Waals surface area contributed by atoms with Gasteiger partial charge in [-0.05, 0) is 37.5 Å². The summed E-state index contributed by atoms with van der Waals surface area (Å²) in [6.07, 6.45) is 0.246. The molecule has 5 nitrogen and oxygen atoms in total. The van der Waals surface area contributed by atoms with Crippen molar-refractivity contribution in [2.45, 2.75) is 27.2 Å². The van der Waals surface area contributed by atoms with Gasteiger partial charge in [-0.3, -0.25) is 14.9 Å². The first kappa shape index (κ1) is 15.7. The molecule has 0 saturated heterocycles. The zero-order valence-corrected chi connectivity index (χ0v) is 12.8. The van der Waals surface area contributed by atoms with Crippen LogP contribution >= 0.6 is 0 Å². The molecule has 0 spiro atoms. The monoisotopic (exact) mass is 298 g/mol. The lowest BCUT2D eigenvalue weighted by atomic mass is 10.0. The summed E-state index contributed by atoms with van der Waals surface area (Å²) in [4.78, 5) is 22.5. The molecule has 1 amide bonds. The zero-order valence-electron chi connectivity index (χ0n) is 12.8. The molecule has 0 heterocycles. The van der Waals surface area contributed by atoms with Crippen LogP contribution in [0.1, 0.15) is 22.3 Å². The largest absolute Gasteiger partial charge is 0.325 e. The number of nitrogens with zero attached hydrogens (tertiary/aromatic N) is 1. The Kier molecular flexibility index (Phi) is 4.56. The van der Waals surface area contributed by atoms with Gasteiger partial charge in [-0.25, -0.2) is 0 Å². The van der Waals surface area contributed by atoms with E-state index in [0.29, 0.717) is 5.69 Å². The van der Waals surface area contributed by atoms with Gasteiger partial charge in [0.25, 0.3) is 5.69 Å². The Morgan fingerprint density at radius 3 is 2.45 bits per heavy atom. The summed E-state index contributed by atoms with van der Waals surface area (Å²) in [5.74, 6) is -0.183. The molecule has 0 aliphatic rings. The third-order valence-electron chi connectivity index (χ3n) is 3.56. The maximum Gasteiger partial charge on any atom is 0.271 e. The van der Waals surface area contributed by atoms with Gasteiger partial charge >= 0.3 is 0 Å². The Morgan fingerprint density at radius 2 is 1.77 bits per heavy atom. The van der Waals surface area contributed by atoms with E-state index in [4.69, 9.17) is 0 Å². The van der Waals surface area contributed by atoms with Gasteiger partial charge in [-0.2, -0.15) is 0 Å². The number of amides is 1. The number of hydrogen-bond acceptors (Lipinski definition) is 3. The molecule has 1 N–H and O–H groups in total. The standard InChI is InChI=1S/C17H18N2O3/c1-11-4-5-12(2)14(8-11)9-17(20)18-16-10-15(19(21)22)7-6-13(16)3/h4-8,10H,9H2,1-3H3,(H,18,20). The highest BCUT2D eigenvalue weighted by Gasteiger charge is 2.12. The third-order valence-corrected chi connectivity index (χ3v) is 3.56. The van der Waals surface area contributed by atoms with E-state index in [-0.39, 0.29) is 18.0 Å². The van der Waals surface area contributed by atoms with E-state index in [1.54, 1.807) is 13.0 Å². The normalized spacial score (nSPS) is 10.3. The number of carbonyl (C=O) groups excluding carboxylic acids is 1. The zero-order chi connectivity index (χ0) is 16.3. The number of nitro groups is 1. The van der Waals surface area contributed by atoms with E-state index in [1.165, 1.54) is 12.1 Å². The second kappa shape index (κ2) is 6.39. The maximum atomic E-state index is 12.2. The summed E-state index contributed by atoms with van der Waals surface area (Å²) in [6, 6.07) is 10.4. The van der Waals surface area contributed by atoms with E-state index in [2.05, 4.69) is 5.32 Å². The Labute approximate surface area is 129 Å². The Balaban J connectivity index is 2.17. The summed E-state index contributed by atoms with van der Waals surface area (Å²) in [6.45, 7) is 5.74. The number of anilines is 1. The van der Waals surface area contributed by atoms with Gasteiger partial charge < -0.3 is 5.32 Å². The van der Waals surface area contributed by atoms with Gasteiger partial charge in [0.2, 0.25) is 5.91 Å². The number of non-ortho nitro benzene ring substituents is 1. The van der Waals surface area contributed by atoms with Crippen molar-refractivity contribution in [3.63, 3.8) is 0 Å². The molecule has 0 aliphatic carbocycles. The van der Waals surface area contributed by atoms with Crippen LogP contribution in [0.2, 0.25) is 0 Å². The highest BCUT2D eigenvalue weighted by atomic mass is 16.6. The van der Waals surface area contributed by atoms with Crippen LogP contribution in [0.15, 0.2) is 36.4 Å². The lowest BCUT2D eigenvalue weighted by Gasteiger charge is -2.10. The number of rotatable bonds is 4. The first-order chi connectivity index (χ1) is 10.4. The fourth-order valence-electron chi connectivity index (χ4n) is 2.22. The van der Waals surface area contributed by atoms with Crippen LogP contribution in [0.5, 0.6) is 0 Å². The van der Waals surface area contributed by atoms with E-state index in [0.717, 1.165) is 22.3 Å². The highest BCUT2D eigenvalue weighted by molar-refractivity contribution is 5.93. The molecule has 2 aromatic carbocycles. The van der Waals surface area contributed by atoms with E-state index >= 15 is 0 Å². The molecule has 0 atom stereocenters. The summed E-state index contributed by atoms with van der Waals surface area (Å²) in [5.41, 5.74) is 4.34. The number of aryl methyl sites for hydroxylation is 3. The minimum Gasteiger partial charge on any atom is -0.325 e. The topological polar surface area (TPSA) is 72.2 Å². The fraction of sp³-hybridized carbons (Fsp3) is 0.235. The first-order valence-corrected chi connectivity index (χ1v) is 6.98. The van der Waals surface area contributed by atoms with Gasteiger partial charge in [-0.1, -0.05) is 29.8 Å². The average molecular weight is 298 g/mol. The van der Waals surface area contributed by atoms with Crippen molar-refractivity contribution >= 4 is 17.3 Å². The van der Waals surface area contributed by atoms with E-state index in [1.807, 2.05) is 32.0 Å². The van der Waals surface area contributed by atoms with Crippen LogP contribution in [0.4, 0.5) is 11.4 Å². The SMILES string of the molecule is Cc1ccc(C)c(CC(=O)Nc2cc([N+](=O)[O-])ccc2C)c1. The van der Waals surface area contributed by atoms with Gasteiger partial charge in [-0.15, -0.1) is 0 Å². The lowest BCUT2D eigenvalue weighted by Crippen LogP contribution is -2.16. The molecule has 0 bridgehead atoms. The predicted molar refractivity (Wildman–Crippen MR) is 86.1 cm³/mol. The summed E-state index contributed by atoms with van der Waals surface area (Å²) in [7, 11) is 0. The smallest absolute Gasteiger partial charge is 0.271 e. The molecule has 0 saturated carbocycles. The van der Waals surface area contributed by atoms with Crippen molar-refractivity contribution in [2.75, 3.05) is 5.32 Å². The van der Waals surface area contributed by atoms with Crippen molar-refractivity contribution in [1.82, 2.24) is 0 Å². The quantitative estimate of drug-likeness (QED) is 0.691. The lowest BCUT2D eigenvalue weighted by molar-refractivity contribution is -0.384. The molecule has 0 aromatic heterocycles.